The van der Waals surface area contributed by atoms with Crippen molar-refractivity contribution in [2.75, 3.05) is 7.05 Å². The van der Waals surface area contributed by atoms with E-state index >= 15 is 0 Å². The minimum atomic E-state index is -0.638. The van der Waals surface area contributed by atoms with E-state index in [2.05, 4.69) is 37.3 Å². The summed E-state index contributed by atoms with van der Waals surface area (Å²) in [5.41, 5.74) is 0. The lowest BCUT2D eigenvalue weighted by Gasteiger charge is -2.23. The number of nitrogens with zero attached hydrogens (tertiary/aromatic N) is 1. The zero-order valence-electron chi connectivity index (χ0n) is 16.2. The first-order valence-corrected chi connectivity index (χ1v) is 9.00. The molecule has 0 bridgehead atoms. The van der Waals surface area contributed by atoms with E-state index in [4.69, 9.17) is 9.57 Å². The Balaban J connectivity index is 4.13. The van der Waals surface area contributed by atoms with Gasteiger partial charge in [0.05, 0.1) is 6.04 Å². The lowest BCUT2D eigenvalue weighted by Crippen LogP contribution is -2.33. The average Bonchev–Trinajstić information content (AvgIpc) is 2.54. The smallest absolute Gasteiger partial charge is 0.429 e. The van der Waals surface area contributed by atoms with Crippen molar-refractivity contribution in [3.05, 3.63) is 36.5 Å². The number of hydrogen-bond acceptors (Lipinski definition) is 4. The van der Waals surface area contributed by atoms with Gasteiger partial charge in [0.1, 0.15) is 6.10 Å². The van der Waals surface area contributed by atoms with Crippen molar-refractivity contribution >= 4 is 6.16 Å². The van der Waals surface area contributed by atoms with Gasteiger partial charge in [-0.25, -0.2) is 4.79 Å². The molecular formula is C20H35NO3. The van der Waals surface area contributed by atoms with Crippen LogP contribution < -0.4 is 0 Å². The molecule has 24 heavy (non-hydrogen) atoms. The van der Waals surface area contributed by atoms with Gasteiger partial charge in [0.15, 0.2) is 0 Å². The van der Waals surface area contributed by atoms with Crippen molar-refractivity contribution in [1.29, 1.82) is 0 Å². The van der Waals surface area contributed by atoms with Crippen molar-refractivity contribution < 1.29 is 14.4 Å². The monoisotopic (exact) mass is 337 g/mol. The van der Waals surface area contributed by atoms with E-state index in [-0.39, 0.29) is 18.1 Å². The van der Waals surface area contributed by atoms with Crippen LogP contribution in [0.5, 0.6) is 0 Å². The number of rotatable bonds is 11. The minimum absolute atomic E-state index is 0.00920. The third-order valence-corrected chi connectivity index (χ3v) is 3.71. The van der Waals surface area contributed by atoms with Gasteiger partial charge in [-0.05, 0) is 38.5 Å². The second-order valence-corrected chi connectivity index (χ2v) is 6.19. The van der Waals surface area contributed by atoms with Crippen LogP contribution in [0.1, 0.15) is 60.3 Å². The van der Waals surface area contributed by atoms with Crippen molar-refractivity contribution in [2.45, 2.75) is 72.4 Å². The molecule has 4 heteroatoms. The van der Waals surface area contributed by atoms with Gasteiger partial charge in [0.2, 0.25) is 0 Å². The van der Waals surface area contributed by atoms with Gasteiger partial charge in [-0.2, -0.15) is 0 Å². The lowest BCUT2D eigenvalue weighted by molar-refractivity contribution is -0.133. The fraction of sp³-hybridized carbons (Fsp3) is 0.650. The Labute approximate surface area is 148 Å². The molecular weight excluding hydrogens is 302 g/mol. The molecule has 0 radical (unpaired) electrons. The first-order chi connectivity index (χ1) is 11.4. The highest BCUT2D eigenvalue weighted by molar-refractivity contribution is 5.59. The van der Waals surface area contributed by atoms with Crippen LogP contribution in [0.2, 0.25) is 0 Å². The summed E-state index contributed by atoms with van der Waals surface area (Å²) in [5.74, 6) is 0.282. The third-order valence-electron chi connectivity index (χ3n) is 3.71. The second kappa shape index (κ2) is 13.8. The number of allylic oxidation sites excluding steroid dienone is 5. The molecule has 0 spiro atoms. The number of carbonyl (C=O) groups is 1. The highest BCUT2D eigenvalue weighted by Gasteiger charge is 2.20. The van der Waals surface area contributed by atoms with E-state index in [1.165, 1.54) is 5.06 Å². The van der Waals surface area contributed by atoms with Crippen LogP contribution in [-0.2, 0) is 9.57 Å². The van der Waals surface area contributed by atoms with Gasteiger partial charge < -0.3 is 9.57 Å². The maximum absolute atomic E-state index is 11.8. The van der Waals surface area contributed by atoms with Gasteiger partial charge in [-0.3, -0.25) is 0 Å². The van der Waals surface area contributed by atoms with Crippen LogP contribution in [0.15, 0.2) is 36.5 Å². The predicted octanol–water partition coefficient (Wildman–Crippen LogP) is 5.67. The molecule has 0 aliphatic rings. The van der Waals surface area contributed by atoms with Crippen LogP contribution in [0, 0.1) is 5.92 Å². The number of carbonyl (C=O) groups excluding carboxylic acids is 1. The van der Waals surface area contributed by atoms with E-state index in [1.807, 2.05) is 33.8 Å². The van der Waals surface area contributed by atoms with Crippen LogP contribution in [0.3, 0.4) is 0 Å². The van der Waals surface area contributed by atoms with E-state index in [0.29, 0.717) is 0 Å². The zero-order chi connectivity index (χ0) is 18.4. The Bertz CT molecular complexity index is 413. The molecule has 4 nitrogen and oxygen atoms in total. The first-order valence-electron chi connectivity index (χ1n) is 9.00. The molecule has 0 aromatic carbocycles. The summed E-state index contributed by atoms with van der Waals surface area (Å²) in [6.07, 6.45) is 15.6. The van der Waals surface area contributed by atoms with Crippen LogP contribution in [0.25, 0.3) is 0 Å². The summed E-state index contributed by atoms with van der Waals surface area (Å²) in [6, 6.07) is -0.00920. The van der Waals surface area contributed by atoms with Crippen LogP contribution in [-0.4, -0.2) is 30.4 Å². The van der Waals surface area contributed by atoms with Crippen molar-refractivity contribution in [1.82, 2.24) is 5.06 Å². The summed E-state index contributed by atoms with van der Waals surface area (Å²) in [4.78, 5) is 17.0. The van der Waals surface area contributed by atoms with Crippen molar-refractivity contribution in [3.63, 3.8) is 0 Å². The Hall–Kier alpha value is -1.55. The van der Waals surface area contributed by atoms with Crippen molar-refractivity contribution in [2.24, 2.45) is 5.92 Å². The summed E-state index contributed by atoms with van der Waals surface area (Å²) >= 11 is 0. The molecule has 0 rings (SSSR count). The van der Waals surface area contributed by atoms with E-state index in [0.717, 1.165) is 25.7 Å². The predicted molar refractivity (Wildman–Crippen MR) is 101 cm³/mol. The molecule has 2 atom stereocenters. The molecule has 0 aromatic heterocycles. The molecule has 0 aromatic rings. The fourth-order valence-electron chi connectivity index (χ4n) is 2.05. The fourth-order valence-corrected chi connectivity index (χ4v) is 2.05. The summed E-state index contributed by atoms with van der Waals surface area (Å²) in [7, 11) is 1.73. The van der Waals surface area contributed by atoms with E-state index in [1.54, 1.807) is 7.05 Å². The van der Waals surface area contributed by atoms with Gasteiger partial charge in [-0.15, -0.1) is 5.06 Å². The molecule has 0 saturated heterocycles. The van der Waals surface area contributed by atoms with Gasteiger partial charge in [-0.1, -0.05) is 64.2 Å². The highest BCUT2D eigenvalue weighted by Crippen LogP contribution is 2.12. The molecule has 0 fully saturated rings. The zero-order valence-corrected chi connectivity index (χ0v) is 16.2. The topological polar surface area (TPSA) is 38.8 Å². The second-order valence-electron chi connectivity index (χ2n) is 6.19. The van der Waals surface area contributed by atoms with Gasteiger partial charge in [0, 0.05) is 7.05 Å². The van der Waals surface area contributed by atoms with Crippen LogP contribution >= 0.6 is 0 Å². The molecule has 138 valence electrons. The first kappa shape index (κ1) is 22.4. The number of hydrogen-bond donors (Lipinski definition) is 0. The Morgan fingerprint density at radius 1 is 1.00 bits per heavy atom. The molecule has 2 unspecified atom stereocenters. The van der Waals surface area contributed by atoms with Gasteiger partial charge >= 0.3 is 6.16 Å². The van der Waals surface area contributed by atoms with Gasteiger partial charge in [0.25, 0.3) is 0 Å². The molecule has 0 amide bonds. The molecule has 0 heterocycles. The van der Waals surface area contributed by atoms with E-state index < -0.39 is 6.16 Å². The number of hydroxylamine groups is 2. The SMILES string of the molecule is CC/C=C\C/C=C\C/C=C\C(C)N(C)OC(=O)OC(CC)C(C)C. The number of likely N-dealkylation sites (N-methyl/N-ethyl adjacent to an activating group) is 1. The molecule has 0 aliphatic heterocycles. The Kier molecular flexibility index (Phi) is 13.0. The quantitative estimate of drug-likeness (QED) is 0.277. The Morgan fingerprint density at radius 3 is 2.12 bits per heavy atom. The van der Waals surface area contributed by atoms with Crippen molar-refractivity contribution in [3.8, 4) is 0 Å². The standard InChI is InChI=1S/C20H35NO3/c1-7-9-10-11-12-13-14-15-16-18(5)21(6)24-20(22)23-19(8-2)17(3)4/h9-10,12-13,15-19H,7-8,11,14H2,1-6H3/b10-9-,13-12-,16-15-. The minimum Gasteiger partial charge on any atom is -0.429 e. The maximum atomic E-state index is 11.8. The average molecular weight is 338 g/mol. The highest BCUT2D eigenvalue weighted by atomic mass is 16.8. The molecule has 0 aliphatic carbocycles. The van der Waals surface area contributed by atoms with E-state index in [9.17, 15) is 4.79 Å². The summed E-state index contributed by atoms with van der Waals surface area (Å²) < 4.78 is 5.33. The molecule has 0 saturated carbocycles. The summed E-state index contributed by atoms with van der Waals surface area (Å²) in [6.45, 7) is 10.2. The summed E-state index contributed by atoms with van der Waals surface area (Å²) in [5, 5.41) is 1.51. The molecule has 0 N–H and O–H groups in total. The maximum Gasteiger partial charge on any atom is 0.528 e. The largest absolute Gasteiger partial charge is 0.528 e. The number of ether oxygens (including phenoxy) is 1. The van der Waals surface area contributed by atoms with Crippen LogP contribution in [0.4, 0.5) is 4.79 Å². The lowest BCUT2D eigenvalue weighted by atomic mass is 10.1. The Morgan fingerprint density at radius 2 is 1.58 bits per heavy atom. The normalized spacial score (nSPS) is 15.0. The third kappa shape index (κ3) is 11.1.